The van der Waals surface area contributed by atoms with Crippen LogP contribution in [-0.2, 0) is 27.4 Å². The summed E-state index contributed by atoms with van der Waals surface area (Å²) in [6, 6.07) is 15.4. The molecule has 0 amide bonds. The third-order valence-corrected chi connectivity index (χ3v) is 7.80. The molecule has 5 atom stereocenters. The summed E-state index contributed by atoms with van der Waals surface area (Å²) in [5, 5.41) is 11.2. The molecule has 0 spiro atoms. The maximum atomic E-state index is 10.2. The van der Waals surface area contributed by atoms with Gasteiger partial charge in [0, 0.05) is 13.1 Å². The zero-order chi connectivity index (χ0) is 24.2. The fourth-order valence-electron chi connectivity index (χ4n) is 4.42. The molecule has 9 heteroatoms. The summed E-state index contributed by atoms with van der Waals surface area (Å²) in [6.07, 6.45) is -0.159. The largest absolute Gasteiger partial charge is 0.497 e. The second kappa shape index (κ2) is 11.2. The van der Waals surface area contributed by atoms with E-state index in [9.17, 15) is 5.11 Å². The van der Waals surface area contributed by atoms with Crippen molar-refractivity contribution in [3.8, 4) is 11.5 Å². The molecule has 3 aliphatic heterocycles. The second-order valence-electron chi connectivity index (χ2n) is 8.83. The minimum atomic E-state index is -0.506. The van der Waals surface area contributed by atoms with E-state index in [1.807, 2.05) is 48.5 Å². The summed E-state index contributed by atoms with van der Waals surface area (Å²) < 4.78 is 29.7. The smallest absolute Gasteiger partial charge is 0.162 e. The van der Waals surface area contributed by atoms with Gasteiger partial charge in [0.05, 0.1) is 34.0 Å². The van der Waals surface area contributed by atoms with Crippen molar-refractivity contribution < 1.29 is 28.8 Å². The molecule has 0 aliphatic carbocycles. The Morgan fingerprint density at radius 2 is 1.49 bits per heavy atom. The molecule has 2 aromatic rings. The predicted octanol–water partition coefficient (Wildman–Crippen LogP) is 3.07. The first-order valence-corrected chi connectivity index (χ1v) is 12.8. The van der Waals surface area contributed by atoms with E-state index in [1.165, 1.54) is 6.42 Å². The third kappa shape index (κ3) is 5.44. The van der Waals surface area contributed by atoms with Gasteiger partial charge in [0.2, 0.25) is 0 Å². The van der Waals surface area contributed by atoms with E-state index in [0.29, 0.717) is 13.2 Å². The van der Waals surface area contributed by atoms with Crippen LogP contribution < -0.4 is 9.47 Å². The zero-order valence-corrected chi connectivity index (χ0v) is 20.9. The van der Waals surface area contributed by atoms with Gasteiger partial charge in [-0.25, -0.2) is 0 Å². The minimum absolute atomic E-state index is 0.154. The molecular weight excluding hydrogens is 468 g/mol. The molecule has 1 N–H and O–H groups in total. The molecule has 8 nitrogen and oxygen atoms in total. The number of benzene rings is 2. The van der Waals surface area contributed by atoms with Crippen molar-refractivity contribution in [3.63, 3.8) is 0 Å². The molecule has 0 aromatic heterocycles. The highest BCUT2D eigenvalue weighted by molar-refractivity contribution is 8.14. The van der Waals surface area contributed by atoms with Gasteiger partial charge in [-0.1, -0.05) is 36.0 Å². The fourth-order valence-corrected chi connectivity index (χ4v) is 5.69. The van der Waals surface area contributed by atoms with Gasteiger partial charge in [-0.2, -0.15) is 0 Å². The Hall–Kier alpha value is -2.30. The van der Waals surface area contributed by atoms with Crippen molar-refractivity contribution in [3.05, 3.63) is 59.7 Å². The summed E-state index contributed by atoms with van der Waals surface area (Å²) in [4.78, 5) is 7.28. The van der Waals surface area contributed by atoms with Crippen molar-refractivity contribution in [2.24, 2.45) is 4.99 Å². The van der Waals surface area contributed by atoms with Crippen molar-refractivity contribution >= 4 is 16.9 Å². The maximum Gasteiger partial charge on any atom is 0.162 e. The number of aliphatic hydroxyl groups is 1. The van der Waals surface area contributed by atoms with E-state index < -0.39 is 12.2 Å². The molecule has 2 aromatic carbocycles. The summed E-state index contributed by atoms with van der Waals surface area (Å²) in [5.41, 5.74) is 1.83. The zero-order valence-electron chi connectivity index (χ0n) is 20.0. The van der Waals surface area contributed by atoms with Gasteiger partial charge < -0.3 is 33.7 Å². The monoisotopic (exact) mass is 500 g/mol. The number of methoxy groups -OCH3 is 2. The molecule has 2 fully saturated rings. The molecule has 35 heavy (non-hydrogen) atoms. The molecule has 188 valence electrons. The van der Waals surface area contributed by atoms with Crippen molar-refractivity contribution in [2.45, 2.75) is 49.4 Å². The van der Waals surface area contributed by atoms with Gasteiger partial charge in [-0.15, -0.1) is 0 Å². The SMILES string of the molecule is COc1ccc(CO[C@@H]2[C@H]3N=C(N4CCC4)S[C@H]3O[C@H](CO)[C@@H]2OCc2ccc(OC)cc2)cc1. The lowest BCUT2D eigenvalue weighted by atomic mass is 9.97. The van der Waals surface area contributed by atoms with Crippen LogP contribution in [-0.4, -0.2) is 78.9 Å². The lowest BCUT2D eigenvalue weighted by Crippen LogP contribution is -2.57. The number of hydrogen-bond acceptors (Lipinski definition) is 9. The number of likely N-dealkylation sites (tertiary alicyclic amines) is 1. The standard InChI is InChI=1S/C26H32N2O6S/c1-30-19-8-4-17(5-9-19)15-32-23-21(14-29)34-25-22(27-26(35-25)28-12-3-13-28)24(23)33-16-18-6-10-20(31-2)11-7-18/h4-11,21-25,29H,3,12-16H2,1-2H3/t21-,22-,23+,24-,25-/m1/s1. The second-order valence-corrected chi connectivity index (χ2v) is 9.90. The highest BCUT2D eigenvalue weighted by Crippen LogP contribution is 2.40. The van der Waals surface area contributed by atoms with Crippen molar-refractivity contribution in [1.29, 1.82) is 0 Å². The van der Waals surface area contributed by atoms with Crippen LogP contribution in [0, 0.1) is 0 Å². The topological polar surface area (TPSA) is 82.0 Å². The molecule has 0 bridgehead atoms. The number of rotatable bonds is 9. The van der Waals surface area contributed by atoms with Crippen LogP contribution in [0.1, 0.15) is 17.5 Å². The summed E-state index contributed by atoms with van der Waals surface area (Å²) in [7, 11) is 3.30. The molecule has 3 heterocycles. The first kappa shape index (κ1) is 24.4. The average molecular weight is 501 g/mol. The van der Waals surface area contributed by atoms with Gasteiger partial charge in [-0.3, -0.25) is 4.99 Å². The molecule has 0 unspecified atom stereocenters. The number of nitrogens with zero attached hydrogens (tertiary/aromatic N) is 2. The molecular formula is C26H32N2O6S. The van der Waals surface area contributed by atoms with Gasteiger partial charge >= 0.3 is 0 Å². The highest BCUT2D eigenvalue weighted by atomic mass is 32.2. The Morgan fingerprint density at radius 3 is 1.97 bits per heavy atom. The molecule has 2 saturated heterocycles. The van der Waals surface area contributed by atoms with Crippen molar-refractivity contribution in [2.75, 3.05) is 33.9 Å². The Balaban J connectivity index is 1.35. The van der Waals surface area contributed by atoms with E-state index in [-0.39, 0.29) is 24.2 Å². The Kier molecular flexibility index (Phi) is 7.79. The summed E-state index contributed by atoms with van der Waals surface area (Å²) in [5.74, 6) is 1.60. The van der Waals surface area contributed by atoms with Gasteiger partial charge in [0.1, 0.15) is 41.3 Å². The number of fused-ring (bicyclic) bond motifs is 1. The first-order valence-electron chi connectivity index (χ1n) is 11.9. The van der Waals surface area contributed by atoms with Crippen LogP contribution in [0.15, 0.2) is 53.5 Å². The fraction of sp³-hybridized carbons (Fsp3) is 0.500. The van der Waals surface area contributed by atoms with E-state index in [0.717, 1.165) is 40.9 Å². The number of amidine groups is 1. The quantitative estimate of drug-likeness (QED) is 0.563. The lowest BCUT2D eigenvalue weighted by molar-refractivity contribution is -0.205. The predicted molar refractivity (Wildman–Crippen MR) is 134 cm³/mol. The van der Waals surface area contributed by atoms with Crippen LogP contribution in [0.25, 0.3) is 0 Å². The van der Waals surface area contributed by atoms with Gasteiger partial charge in [0.25, 0.3) is 0 Å². The van der Waals surface area contributed by atoms with Crippen LogP contribution in [0.4, 0.5) is 0 Å². The average Bonchev–Trinajstić information content (AvgIpc) is 3.28. The Bertz CT molecular complexity index is 998. The van der Waals surface area contributed by atoms with Crippen LogP contribution in [0.2, 0.25) is 0 Å². The van der Waals surface area contributed by atoms with Crippen molar-refractivity contribution in [1.82, 2.24) is 4.90 Å². The normalized spacial score (nSPS) is 27.7. The third-order valence-electron chi connectivity index (χ3n) is 6.61. The molecule has 0 saturated carbocycles. The number of aliphatic imine (C=N–C) groups is 1. The number of hydrogen-bond donors (Lipinski definition) is 1. The maximum absolute atomic E-state index is 10.2. The molecule has 0 radical (unpaired) electrons. The number of thioether (sulfide) groups is 1. The van der Waals surface area contributed by atoms with Gasteiger partial charge in [-0.05, 0) is 41.8 Å². The van der Waals surface area contributed by atoms with E-state index in [2.05, 4.69) is 4.90 Å². The first-order chi connectivity index (χ1) is 17.2. The van der Waals surface area contributed by atoms with Crippen LogP contribution >= 0.6 is 11.8 Å². The Morgan fingerprint density at radius 1 is 0.914 bits per heavy atom. The minimum Gasteiger partial charge on any atom is -0.497 e. The van der Waals surface area contributed by atoms with Crippen LogP contribution in [0.3, 0.4) is 0 Å². The summed E-state index contributed by atoms with van der Waals surface area (Å²) >= 11 is 1.63. The Labute approximate surface area is 210 Å². The van der Waals surface area contributed by atoms with E-state index in [4.69, 9.17) is 28.7 Å². The number of aliphatic hydroxyl groups excluding tert-OH is 1. The summed E-state index contributed by atoms with van der Waals surface area (Å²) in [6.45, 7) is 2.65. The lowest BCUT2D eigenvalue weighted by Gasteiger charge is -2.42. The van der Waals surface area contributed by atoms with E-state index in [1.54, 1.807) is 26.0 Å². The van der Waals surface area contributed by atoms with Crippen LogP contribution in [0.5, 0.6) is 11.5 Å². The number of ether oxygens (including phenoxy) is 5. The molecule has 3 aliphatic rings. The highest BCUT2D eigenvalue weighted by Gasteiger charge is 2.51. The molecule has 5 rings (SSSR count). The van der Waals surface area contributed by atoms with E-state index >= 15 is 0 Å². The van der Waals surface area contributed by atoms with Gasteiger partial charge in [0.15, 0.2) is 5.17 Å².